The van der Waals surface area contributed by atoms with Gasteiger partial charge in [0.2, 0.25) is 5.91 Å². The lowest BCUT2D eigenvalue weighted by atomic mass is 9.85. The van der Waals surface area contributed by atoms with Crippen molar-refractivity contribution in [2.75, 3.05) is 23.4 Å². The van der Waals surface area contributed by atoms with Gasteiger partial charge in [0.25, 0.3) is 5.91 Å². The topological polar surface area (TPSA) is 104 Å². The van der Waals surface area contributed by atoms with E-state index >= 15 is 0 Å². The number of halogens is 1. The lowest BCUT2D eigenvalue weighted by Crippen LogP contribution is -2.50. The summed E-state index contributed by atoms with van der Waals surface area (Å²) in [5.41, 5.74) is 1.84. The fourth-order valence-corrected chi connectivity index (χ4v) is 5.18. The van der Waals surface area contributed by atoms with Gasteiger partial charge in [0.1, 0.15) is 17.9 Å². The normalized spacial score (nSPS) is 19.8. The number of nitrogens with one attached hydrogen (secondary N) is 2. The van der Waals surface area contributed by atoms with E-state index in [1.807, 2.05) is 6.92 Å². The van der Waals surface area contributed by atoms with Crippen molar-refractivity contribution >= 4 is 31.6 Å². The average Bonchev–Trinajstić information content (AvgIpc) is 2.80. The van der Waals surface area contributed by atoms with Gasteiger partial charge in [-0.25, -0.2) is 9.37 Å². The second-order valence-electron chi connectivity index (χ2n) is 11.2. The van der Waals surface area contributed by atoms with Crippen LogP contribution in [0.5, 0.6) is 0 Å². The molecule has 10 heteroatoms. The van der Waals surface area contributed by atoms with E-state index in [9.17, 15) is 19.1 Å². The maximum atomic E-state index is 13.8. The van der Waals surface area contributed by atoms with Gasteiger partial charge in [-0.2, -0.15) is 0 Å². The Labute approximate surface area is 219 Å². The van der Waals surface area contributed by atoms with Crippen molar-refractivity contribution in [1.82, 2.24) is 10.3 Å². The van der Waals surface area contributed by atoms with Gasteiger partial charge < -0.3 is 20.2 Å². The number of carbonyl (C=O) groups excluding carboxylic acids is 2. The number of rotatable bonds is 7. The van der Waals surface area contributed by atoms with Crippen LogP contribution in [0, 0.1) is 18.7 Å². The highest BCUT2D eigenvalue weighted by molar-refractivity contribution is 6.74. The van der Waals surface area contributed by atoms with Crippen LogP contribution in [0.2, 0.25) is 18.1 Å². The van der Waals surface area contributed by atoms with Gasteiger partial charge in [0.05, 0.1) is 24.0 Å². The highest BCUT2D eigenvalue weighted by Crippen LogP contribution is 2.42. The number of aryl methyl sites for hydroxylation is 1. The van der Waals surface area contributed by atoms with Crippen LogP contribution >= 0.6 is 0 Å². The number of fused-ring (bicyclic) bond motifs is 1. The number of carbonyl (C=O) groups is 2. The lowest BCUT2D eigenvalue weighted by Gasteiger charge is -2.42. The number of aromatic nitrogens is 1. The van der Waals surface area contributed by atoms with E-state index in [0.29, 0.717) is 35.8 Å². The van der Waals surface area contributed by atoms with Crippen molar-refractivity contribution in [2.45, 2.75) is 71.9 Å². The zero-order chi connectivity index (χ0) is 27.7. The maximum Gasteiger partial charge on any atom is 0.251 e. The summed E-state index contributed by atoms with van der Waals surface area (Å²) in [5.74, 6) is -0.997. The number of hydrogen-bond acceptors (Lipinski definition) is 6. The Bertz CT molecular complexity index is 1170. The van der Waals surface area contributed by atoms with Gasteiger partial charge in [0.15, 0.2) is 8.32 Å². The molecule has 0 spiro atoms. The van der Waals surface area contributed by atoms with Crippen molar-refractivity contribution in [3.8, 4) is 0 Å². The third kappa shape index (κ3) is 6.19. The molecule has 8 nitrogen and oxygen atoms in total. The van der Waals surface area contributed by atoms with E-state index in [2.05, 4.69) is 49.5 Å². The fourth-order valence-electron chi connectivity index (χ4n) is 4.14. The Kier molecular flexibility index (Phi) is 8.46. The van der Waals surface area contributed by atoms with Gasteiger partial charge >= 0.3 is 0 Å². The number of nitrogens with zero attached hydrogens (tertiary/aromatic N) is 2. The quantitative estimate of drug-likeness (QED) is 0.352. The molecule has 0 radical (unpaired) electrons. The predicted molar refractivity (Wildman–Crippen MR) is 146 cm³/mol. The Morgan fingerprint density at radius 2 is 1.89 bits per heavy atom. The second-order valence-corrected chi connectivity index (χ2v) is 16.0. The van der Waals surface area contributed by atoms with Gasteiger partial charge in [-0.05, 0) is 61.0 Å². The zero-order valence-corrected chi connectivity index (χ0v) is 24.0. The summed E-state index contributed by atoms with van der Waals surface area (Å²) >= 11 is 0. The highest BCUT2D eigenvalue weighted by Gasteiger charge is 2.40. The van der Waals surface area contributed by atoms with E-state index in [0.717, 1.165) is 0 Å². The third-order valence-corrected chi connectivity index (χ3v) is 12.0. The molecule has 3 rings (SSSR count). The summed E-state index contributed by atoms with van der Waals surface area (Å²) in [6.07, 6.45) is -1.09. The van der Waals surface area contributed by atoms with Crippen LogP contribution < -0.4 is 15.5 Å². The van der Waals surface area contributed by atoms with E-state index in [1.54, 1.807) is 25.1 Å². The second kappa shape index (κ2) is 10.9. The minimum atomic E-state index is -1.91. The predicted octanol–water partition coefficient (Wildman–Crippen LogP) is 4.75. The molecule has 0 saturated carbocycles. The Morgan fingerprint density at radius 3 is 2.49 bits per heavy atom. The van der Waals surface area contributed by atoms with Crippen molar-refractivity contribution < 1.29 is 23.5 Å². The number of aliphatic hydroxyl groups is 1. The van der Waals surface area contributed by atoms with Crippen LogP contribution in [0.3, 0.4) is 0 Å². The Morgan fingerprint density at radius 1 is 1.22 bits per heavy atom. The first kappa shape index (κ1) is 28.7. The first-order valence-electron chi connectivity index (χ1n) is 12.6. The SMILES string of the molecule is CC(=O)N1c2ccc(C(=O)NCCO[Si](C)(C)C(C)(C)C)cc2C(Nc2ccc(F)c(C)n2)C(C)C1O. The Hall–Kier alpha value is -2.82. The first-order chi connectivity index (χ1) is 17.1. The number of amides is 2. The molecule has 1 aliphatic heterocycles. The summed E-state index contributed by atoms with van der Waals surface area (Å²) in [6.45, 7) is 16.4. The van der Waals surface area contributed by atoms with Crippen LogP contribution in [0.15, 0.2) is 30.3 Å². The van der Waals surface area contributed by atoms with Gasteiger partial charge in [-0.15, -0.1) is 0 Å². The smallest absolute Gasteiger partial charge is 0.251 e. The Balaban J connectivity index is 1.85. The molecule has 3 atom stereocenters. The number of aliphatic hydroxyl groups excluding tert-OH is 1. The van der Waals surface area contributed by atoms with Crippen LogP contribution in [0.25, 0.3) is 0 Å². The van der Waals surface area contributed by atoms with E-state index < -0.39 is 32.3 Å². The average molecular weight is 531 g/mol. The lowest BCUT2D eigenvalue weighted by molar-refractivity contribution is -0.119. The molecule has 0 saturated heterocycles. The molecule has 3 N–H and O–H groups in total. The van der Waals surface area contributed by atoms with Crippen LogP contribution in [-0.4, -0.2) is 49.6 Å². The summed E-state index contributed by atoms with van der Waals surface area (Å²) in [6, 6.07) is 7.41. The maximum absolute atomic E-state index is 13.8. The van der Waals surface area contributed by atoms with E-state index in [4.69, 9.17) is 4.43 Å². The number of benzene rings is 1. The molecule has 1 aliphatic rings. The third-order valence-electron chi connectivity index (χ3n) is 7.47. The van der Waals surface area contributed by atoms with Crippen molar-refractivity contribution in [3.05, 3.63) is 53.0 Å². The molecule has 2 aromatic rings. The highest BCUT2D eigenvalue weighted by atomic mass is 28.4. The standard InChI is InChI=1S/C27H39FN4O4Si/c1-16-24(31-23-12-10-21(28)17(2)30-23)20-15-19(9-11-22(20)32(18(3)33)26(16)35)25(34)29-13-14-36-37(7,8)27(4,5)6/h9-12,15-16,24,26,35H,13-14H2,1-8H3,(H,29,34)(H,30,31). The van der Waals surface area contributed by atoms with Gasteiger partial charge in [-0.1, -0.05) is 27.7 Å². The molecular formula is C27H39FN4O4Si. The molecule has 2 amide bonds. The zero-order valence-electron chi connectivity index (χ0n) is 23.0. The van der Waals surface area contributed by atoms with E-state index in [-0.39, 0.29) is 22.5 Å². The summed E-state index contributed by atoms with van der Waals surface area (Å²) in [5, 5.41) is 17.2. The minimum Gasteiger partial charge on any atom is -0.415 e. The number of hydrogen-bond donors (Lipinski definition) is 3. The minimum absolute atomic E-state index is 0.0826. The summed E-state index contributed by atoms with van der Waals surface area (Å²) in [4.78, 5) is 31.0. The first-order valence-corrected chi connectivity index (χ1v) is 15.5. The molecule has 202 valence electrons. The molecule has 2 heterocycles. The van der Waals surface area contributed by atoms with Crippen molar-refractivity contribution in [3.63, 3.8) is 0 Å². The van der Waals surface area contributed by atoms with Crippen LogP contribution in [0.4, 0.5) is 15.9 Å². The van der Waals surface area contributed by atoms with Crippen molar-refractivity contribution in [1.29, 1.82) is 0 Å². The molecule has 0 bridgehead atoms. The van der Waals surface area contributed by atoms with Gasteiger partial charge in [-0.3, -0.25) is 14.5 Å². The monoisotopic (exact) mass is 530 g/mol. The van der Waals surface area contributed by atoms with Crippen LogP contribution in [-0.2, 0) is 9.22 Å². The molecule has 0 aliphatic carbocycles. The van der Waals surface area contributed by atoms with Crippen molar-refractivity contribution in [2.24, 2.45) is 5.92 Å². The van der Waals surface area contributed by atoms with E-state index in [1.165, 1.54) is 24.0 Å². The molecule has 0 fully saturated rings. The summed E-state index contributed by atoms with van der Waals surface area (Å²) < 4.78 is 19.9. The molecular weight excluding hydrogens is 491 g/mol. The number of anilines is 2. The number of pyridine rings is 1. The molecule has 37 heavy (non-hydrogen) atoms. The van der Waals surface area contributed by atoms with Crippen LogP contribution in [0.1, 0.15) is 62.3 Å². The van der Waals surface area contributed by atoms with Gasteiger partial charge in [0, 0.05) is 24.9 Å². The molecule has 1 aromatic carbocycles. The largest absolute Gasteiger partial charge is 0.415 e. The fraction of sp³-hybridized carbons (Fsp3) is 0.519. The molecule has 1 aromatic heterocycles. The summed E-state index contributed by atoms with van der Waals surface area (Å²) in [7, 11) is -1.91. The molecule has 3 unspecified atom stereocenters.